The summed E-state index contributed by atoms with van der Waals surface area (Å²) in [6.07, 6.45) is 8.65. The summed E-state index contributed by atoms with van der Waals surface area (Å²) >= 11 is 0. The van der Waals surface area contributed by atoms with Crippen LogP contribution in [0, 0.1) is 18.7 Å². The van der Waals surface area contributed by atoms with Crippen LogP contribution in [0.1, 0.15) is 52.6 Å². The summed E-state index contributed by atoms with van der Waals surface area (Å²) in [5, 5.41) is 4.82. The van der Waals surface area contributed by atoms with Crippen molar-refractivity contribution in [3.05, 3.63) is 70.7 Å². The maximum atomic E-state index is 15.6. The second-order valence-corrected chi connectivity index (χ2v) is 9.66. The number of rotatable bonds is 5. The molecule has 7 heteroatoms. The van der Waals surface area contributed by atoms with Gasteiger partial charge in [0.25, 0.3) is 5.91 Å². The molecule has 4 aromatic rings. The van der Waals surface area contributed by atoms with Gasteiger partial charge in [0.2, 0.25) is 0 Å². The van der Waals surface area contributed by atoms with Crippen LogP contribution in [-0.2, 0) is 33.1 Å². The number of aromatic nitrogens is 4. The molecule has 0 spiro atoms. The van der Waals surface area contributed by atoms with E-state index in [0.29, 0.717) is 35.7 Å². The minimum atomic E-state index is -0.229. The van der Waals surface area contributed by atoms with Crippen LogP contribution in [0.3, 0.4) is 0 Å². The number of hydrogen-bond donors (Lipinski definition) is 0. The van der Waals surface area contributed by atoms with Crippen LogP contribution in [0.25, 0.3) is 22.0 Å². The van der Waals surface area contributed by atoms with Crippen molar-refractivity contribution in [1.29, 1.82) is 0 Å². The number of carbonyl (C=O) groups is 1. The van der Waals surface area contributed by atoms with E-state index in [1.807, 2.05) is 48.1 Å². The third-order valence-electron chi connectivity index (χ3n) is 7.44. The van der Waals surface area contributed by atoms with Gasteiger partial charge in [0.05, 0.1) is 29.6 Å². The number of amides is 1. The summed E-state index contributed by atoms with van der Waals surface area (Å²) in [6, 6.07) is 5.70. The minimum Gasteiger partial charge on any atom is -0.341 e. The Morgan fingerprint density at radius 2 is 2.00 bits per heavy atom. The lowest BCUT2D eigenvalue weighted by molar-refractivity contribution is 0.0748. The maximum Gasteiger partial charge on any atom is 0.254 e. The number of hydrogen-bond acceptors (Lipinski definition) is 3. The third-order valence-corrected chi connectivity index (χ3v) is 7.44. The standard InChI is InChI=1S/C27H28FN5O/c1-4-18-11-29-8-7-21(18)22-9-19(27(34)32-14-20-12-30-31(3)24(20)15-32)10-23-25(28)16(2)33(26(22)23)13-17-5-6-17/h7-12,17H,4-6,13-15H2,1-3H3. The predicted molar refractivity (Wildman–Crippen MR) is 129 cm³/mol. The van der Waals surface area contributed by atoms with Gasteiger partial charge in [-0.25, -0.2) is 4.39 Å². The van der Waals surface area contributed by atoms with E-state index in [4.69, 9.17) is 0 Å². The molecule has 0 bridgehead atoms. The molecule has 2 aliphatic rings. The fraction of sp³-hybridized carbons (Fsp3) is 0.370. The highest BCUT2D eigenvalue weighted by atomic mass is 19.1. The molecule has 0 unspecified atom stereocenters. The molecule has 6 nitrogen and oxygen atoms in total. The van der Waals surface area contributed by atoms with Crippen LogP contribution in [0.2, 0.25) is 0 Å². The lowest BCUT2D eigenvalue weighted by Crippen LogP contribution is -2.26. The molecule has 4 heterocycles. The van der Waals surface area contributed by atoms with Crippen LogP contribution in [0.4, 0.5) is 4.39 Å². The monoisotopic (exact) mass is 457 g/mol. The highest BCUT2D eigenvalue weighted by Crippen LogP contribution is 2.40. The van der Waals surface area contributed by atoms with Crippen LogP contribution in [0.5, 0.6) is 0 Å². The van der Waals surface area contributed by atoms with Crippen molar-refractivity contribution in [2.75, 3.05) is 0 Å². The summed E-state index contributed by atoms with van der Waals surface area (Å²) in [4.78, 5) is 19.8. The van der Waals surface area contributed by atoms with E-state index < -0.39 is 0 Å². The summed E-state index contributed by atoms with van der Waals surface area (Å²) in [5.41, 5.74) is 7.17. The van der Waals surface area contributed by atoms with Crippen molar-refractivity contribution in [2.24, 2.45) is 13.0 Å². The number of aryl methyl sites for hydroxylation is 2. The molecule has 0 saturated heterocycles. The van der Waals surface area contributed by atoms with E-state index in [1.54, 1.807) is 12.3 Å². The van der Waals surface area contributed by atoms with E-state index in [-0.39, 0.29) is 11.7 Å². The van der Waals surface area contributed by atoms with Gasteiger partial charge in [-0.1, -0.05) is 6.92 Å². The Bertz CT molecular complexity index is 1450. The largest absolute Gasteiger partial charge is 0.341 e. The molecule has 0 atom stereocenters. The first-order chi connectivity index (χ1) is 16.5. The Morgan fingerprint density at radius 1 is 1.18 bits per heavy atom. The Morgan fingerprint density at radius 3 is 2.74 bits per heavy atom. The molecule has 1 saturated carbocycles. The quantitative estimate of drug-likeness (QED) is 0.423. The van der Waals surface area contributed by atoms with Crippen LogP contribution in [0.15, 0.2) is 36.8 Å². The fourth-order valence-corrected chi connectivity index (χ4v) is 5.27. The van der Waals surface area contributed by atoms with Crippen molar-refractivity contribution in [2.45, 2.75) is 52.7 Å². The highest BCUT2D eigenvalue weighted by molar-refractivity contribution is 6.04. The number of nitrogens with zero attached hydrogens (tertiary/aromatic N) is 5. The van der Waals surface area contributed by atoms with E-state index in [0.717, 1.165) is 46.4 Å². The first-order valence-electron chi connectivity index (χ1n) is 12.0. The van der Waals surface area contributed by atoms with Gasteiger partial charge in [-0.15, -0.1) is 0 Å². The molecule has 1 aliphatic heterocycles. The molecular weight excluding hydrogens is 429 g/mol. The topological polar surface area (TPSA) is 56.0 Å². The predicted octanol–water partition coefficient (Wildman–Crippen LogP) is 5.01. The van der Waals surface area contributed by atoms with Gasteiger partial charge in [-0.2, -0.15) is 5.10 Å². The summed E-state index contributed by atoms with van der Waals surface area (Å²) in [7, 11) is 1.90. The van der Waals surface area contributed by atoms with E-state index in [9.17, 15) is 4.79 Å². The van der Waals surface area contributed by atoms with Gasteiger partial charge in [0.1, 0.15) is 0 Å². The van der Waals surface area contributed by atoms with Crippen LogP contribution in [-0.4, -0.2) is 30.1 Å². The lowest BCUT2D eigenvalue weighted by atomic mass is 9.95. The van der Waals surface area contributed by atoms with Gasteiger partial charge in [-0.3, -0.25) is 14.5 Å². The molecule has 174 valence electrons. The molecule has 0 N–H and O–H groups in total. The number of halogens is 1. The maximum absolute atomic E-state index is 15.6. The smallest absolute Gasteiger partial charge is 0.254 e. The minimum absolute atomic E-state index is 0.0848. The number of pyridine rings is 1. The SMILES string of the molecule is CCc1cnccc1-c1cc(C(=O)N2Cc3cnn(C)c3C2)cc2c(F)c(C)n(CC3CC3)c12. The van der Waals surface area contributed by atoms with Crippen LogP contribution >= 0.6 is 0 Å². The molecular formula is C27H28FN5O. The third kappa shape index (κ3) is 3.25. The van der Waals surface area contributed by atoms with Crippen LogP contribution < -0.4 is 0 Å². The molecule has 1 aliphatic carbocycles. The van der Waals surface area contributed by atoms with Gasteiger partial charge in [-0.05, 0) is 61.4 Å². The Kier molecular flexibility index (Phi) is 4.83. The zero-order chi connectivity index (χ0) is 23.6. The van der Waals surface area contributed by atoms with E-state index >= 15 is 4.39 Å². The molecule has 6 rings (SSSR count). The normalized spacial score (nSPS) is 15.4. The van der Waals surface area contributed by atoms with Gasteiger partial charge in [0, 0.05) is 54.6 Å². The number of benzene rings is 1. The van der Waals surface area contributed by atoms with Gasteiger partial charge in [0.15, 0.2) is 5.82 Å². The zero-order valence-electron chi connectivity index (χ0n) is 19.8. The molecule has 1 aromatic carbocycles. The second kappa shape index (κ2) is 7.79. The van der Waals surface area contributed by atoms with Crippen molar-refractivity contribution in [3.63, 3.8) is 0 Å². The molecule has 34 heavy (non-hydrogen) atoms. The highest BCUT2D eigenvalue weighted by Gasteiger charge is 2.30. The summed E-state index contributed by atoms with van der Waals surface area (Å²) in [5.74, 6) is 0.286. The number of carbonyl (C=O) groups excluding carboxylic acids is 1. The summed E-state index contributed by atoms with van der Waals surface area (Å²) in [6.45, 7) is 5.79. The van der Waals surface area contributed by atoms with Gasteiger partial charge < -0.3 is 9.47 Å². The Hall–Kier alpha value is -3.48. The average molecular weight is 458 g/mol. The van der Waals surface area contributed by atoms with E-state index in [1.165, 1.54) is 12.8 Å². The van der Waals surface area contributed by atoms with Crippen molar-refractivity contribution in [1.82, 2.24) is 24.2 Å². The molecule has 1 amide bonds. The van der Waals surface area contributed by atoms with Crippen molar-refractivity contribution in [3.8, 4) is 11.1 Å². The van der Waals surface area contributed by atoms with Gasteiger partial charge >= 0.3 is 0 Å². The van der Waals surface area contributed by atoms with Crippen molar-refractivity contribution >= 4 is 16.8 Å². The zero-order valence-corrected chi connectivity index (χ0v) is 19.8. The summed E-state index contributed by atoms with van der Waals surface area (Å²) < 4.78 is 19.6. The Balaban J connectivity index is 1.53. The number of fused-ring (bicyclic) bond motifs is 2. The first-order valence-corrected chi connectivity index (χ1v) is 12.0. The molecule has 0 radical (unpaired) electrons. The van der Waals surface area contributed by atoms with Crippen molar-refractivity contribution < 1.29 is 9.18 Å². The average Bonchev–Trinajstić information content (AvgIpc) is 3.40. The van der Waals surface area contributed by atoms with E-state index in [2.05, 4.69) is 21.6 Å². The second-order valence-electron chi connectivity index (χ2n) is 9.66. The first kappa shape index (κ1) is 21.1. The Labute approximate surface area is 198 Å². The lowest BCUT2D eigenvalue weighted by Gasteiger charge is -2.18. The molecule has 3 aromatic heterocycles. The fourth-order valence-electron chi connectivity index (χ4n) is 5.27. The molecule has 1 fully saturated rings.